The molecule has 0 aromatic heterocycles. The molecule has 1 nitrogen and oxygen atoms in total. The molecule has 0 N–H and O–H groups in total. The van der Waals surface area contributed by atoms with Crippen molar-refractivity contribution in [1.29, 1.82) is 0 Å². The summed E-state index contributed by atoms with van der Waals surface area (Å²) < 4.78 is 5.73. The standard InChI is InChI=1S/C15H14O/c1-2-8-13-12(6-1)7-5-9-14(13)15-10-3-4-11-16-15/h1-2,5-10H,3-4,11H2. The maximum Gasteiger partial charge on any atom is 0.123 e. The molecule has 16 heavy (non-hydrogen) atoms. The van der Waals surface area contributed by atoms with Gasteiger partial charge >= 0.3 is 0 Å². The minimum Gasteiger partial charge on any atom is -0.493 e. The molecular weight excluding hydrogens is 196 g/mol. The number of hydrogen-bond donors (Lipinski definition) is 0. The van der Waals surface area contributed by atoms with Gasteiger partial charge in [-0.2, -0.15) is 0 Å². The Hall–Kier alpha value is -1.76. The van der Waals surface area contributed by atoms with Crippen LogP contribution in [0.2, 0.25) is 0 Å². The minimum atomic E-state index is 0.842. The summed E-state index contributed by atoms with van der Waals surface area (Å²) >= 11 is 0. The van der Waals surface area contributed by atoms with E-state index in [1.165, 1.54) is 16.3 Å². The van der Waals surface area contributed by atoms with E-state index < -0.39 is 0 Å². The van der Waals surface area contributed by atoms with Crippen LogP contribution in [0.1, 0.15) is 18.4 Å². The third kappa shape index (κ3) is 1.58. The fourth-order valence-corrected chi connectivity index (χ4v) is 2.19. The predicted molar refractivity (Wildman–Crippen MR) is 67.1 cm³/mol. The van der Waals surface area contributed by atoms with Crippen LogP contribution in [-0.2, 0) is 4.74 Å². The quantitative estimate of drug-likeness (QED) is 0.691. The molecule has 0 saturated carbocycles. The van der Waals surface area contributed by atoms with Gasteiger partial charge in [0.1, 0.15) is 5.76 Å². The average molecular weight is 210 g/mol. The van der Waals surface area contributed by atoms with E-state index in [9.17, 15) is 0 Å². The number of allylic oxidation sites excluding steroid dienone is 1. The molecule has 0 aliphatic carbocycles. The Labute approximate surface area is 95.4 Å². The van der Waals surface area contributed by atoms with Crippen LogP contribution in [-0.4, -0.2) is 6.61 Å². The third-order valence-corrected chi connectivity index (χ3v) is 2.99. The zero-order chi connectivity index (χ0) is 10.8. The van der Waals surface area contributed by atoms with Crippen molar-refractivity contribution in [3.05, 3.63) is 54.1 Å². The maximum atomic E-state index is 5.73. The van der Waals surface area contributed by atoms with Gasteiger partial charge in [-0.05, 0) is 29.7 Å². The van der Waals surface area contributed by atoms with Crippen LogP contribution in [0.25, 0.3) is 16.5 Å². The Kier molecular flexibility index (Phi) is 2.37. The van der Waals surface area contributed by atoms with Crippen LogP contribution >= 0.6 is 0 Å². The first-order chi connectivity index (χ1) is 7.95. The molecule has 1 heterocycles. The van der Waals surface area contributed by atoms with Gasteiger partial charge in [0.15, 0.2) is 0 Å². The van der Waals surface area contributed by atoms with Crippen molar-refractivity contribution in [2.45, 2.75) is 12.8 Å². The Balaban J connectivity index is 2.19. The van der Waals surface area contributed by atoms with Crippen LogP contribution in [0, 0.1) is 0 Å². The number of hydrogen-bond acceptors (Lipinski definition) is 1. The number of fused-ring (bicyclic) bond motifs is 1. The first kappa shape index (κ1) is 9.46. The predicted octanol–water partition coefficient (Wildman–Crippen LogP) is 3.99. The van der Waals surface area contributed by atoms with Crippen LogP contribution in [0.3, 0.4) is 0 Å². The second-order valence-electron chi connectivity index (χ2n) is 4.09. The van der Waals surface area contributed by atoms with Gasteiger partial charge in [0.25, 0.3) is 0 Å². The van der Waals surface area contributed by atoms with E-state index in [1.54, 1.807) is 0 Å². The molecule has 1 aliphatic heterocycles. The summed E-state index contributed by atoms with van der Waals surface area (Å²) in [7, 11) is 0. The SMILES string of the molecule is C1=C(c2cccc3ccccc23)OCCC1. The van der Waals surface area contributed by atoms with Gasteiger partial charge in [-0.1, -0.05) is 42.5 Å². The van der Waals surface area contributed by atoms with Crippen molar-refractivity contribution in [1.82, 2.24) is 0 Å². The summed E-state index contributed by atoms with van der Waals surface area (Å²) in [6.07, 6.45) is 4.46. The second kappa shape index (κ2) is 4.01. The van der Waals surface area contributed by atoms with E-state index in [4.69, 9.17) is 4.74 Å². The van der Waals surface area contributed by atoms with Gasteiger partial charge in [-0.15, -0.1) is 0 Å². The van der Waals surface area contributed by atoms with Gasteiger partial charge in [0.05, 0.1) is 6.61 Å². The van der Waals surface area contributed by atoms with Crippen molar-refractivity contribution >= 4 is 16.5 Å². The lowest BCUT2D eigenvalue weighted by Crippen LogP contribution is -2.00. The van der Waals surface area contributed by atoms with Gasteiger partial charge in [0, 0.05) is 5.56 Å². The lowest BCUT2D eigenvalue weighted by Gasteiger charge is -2.16. The average Bonchev–Trinajstić information content (AvgIpc) is 2.39. The molecule has 0 bridgehead atoms. The summed E-state index contributed by atoms with van der Waals surface area (Å²) in [5, 5.41) is 2.55. The van der Waals surface area contributed by atoms with Crippen molar-refractivity contribution in [2.75, 3.05) is 6.61 Å². The molecule has 2 aromatic rings. The number of rotatable bonds is 1. The Morgan fingerprint density at radius 3 is 2.69 bits per heavy atom. The molecule has 80 valence electrons. The smallest absolute Gasteiger partial charge is 0.123 e. The van der Waals surface area contributed by atoms with Gasteiger partial charge in [-0.3, -0.25) is 0 Å². The topological polar surface area (TPSA) is 9.23 Å². The Morgan fingerprint density at radius 2 is 1.81 bits per heavy atom. The van der Waals surface area contributed by atoms with Gasteiger partial charge < -0.3 is 4.74 Å². The molecular formula is C15H14O. The third-order valence-electron chi connectivity index (χ3n) is 2.99. The second-order valence-corrected chi connectivity index (χ2v) is 4.09. The molecule has 0 unspecified atom stereocenters. The van der Waals surface area contributed by atoms with Crippen LogP contribution in [0.4, 0.5) is 0 Å². The van der Waals surface area contributed by atoms with E-state index in [0.29, 0.717) is 0 Å². The lowest BCUT2D eigenvalue weighted by molar-refractivity contribution is 0.259. The summed E-state index contributed by atoms with van der Waals surface area (Å²) in [6, 6.07) is 14.8. The molecule has 0 radical (unpaired) electrons. The van der Waals surface area contributed by atoms with Gasteiger partial charge in [0.2, 0.25) is 0 Å². The summed E-state index contributed by atoms with van der Waals surface area (Å²) in [4.78, 5) is 0. The largest absolute Gasteiger partial charge is 0.493 e. The fourth-order valence-electron chi connectivity index (χ4n) is 2.19. The highest BCUT2D eigenvalue weighted by atomic mass is 16.5. The van der Waals surface area contributed by atoms with E-state index in [0.717, 1.165) is 25.2 Å². The van der Waals surface area contributed by atoms with Crippen molar-refractivity contribution in [3.63, 3.8) is 0 Å². The molecule has 1 aliphatic rings. The Bertz CT molecular complexity index is 535. The van der Waals surface area contributed by atoms with Gasteiger partial charge in [-0.25, -0.2) is 0 Å². The first-order valence-electron chi connectivity index (χ1n) is 5.76. The molecule has 0 amide bonds. The fraction of sp³-hybridized carbons (Fsp3) is 0.200. The van der Waals surface area contributed by atoms with E-state index >= 15 is 0 Å². The molecule has 3 rings (SSSR count). The van der Waals surface area contributed by atoms with E-state index in [1.807, 2.05) is 0 Å². The van der Waals surface area contributed by atoms with Crippen LogP contribution < -0.4 is 0 Å². The van der Waals surface area contributed by atoms with Crippen molar-refractivity contribution in [2.24, 2.45) is 0 Å². The molecule has 0 fully saturated rings. The highest BCUT2D eigenvalue weighted by Crippen LogP contribution is 2.28. The lowest BCUT2D eigenvalue weighted by atomic mass is 10.0. The summed E-state index contributed by atoms with van der Waals surface area (Å²) in [5.41, 5.74) is 1.22. The van der Waals surface area contributed by atoms with Crippen molar-refractivity contribution in [3.8, 4) is 0 Å². The molecule has 0 spiro atoms. The normalized spacial score (nSPS) is 15.6. The highest BCUT2D eigenvalue weighted by Gasteiger charge is 2.09. The van der Waals surface area contributed by atoms with E-state index in [-0.39, 0.29) is 0 Å². The van der Waals surface area contributed by atoms with Crippen molar-refractivity contribution < 1.29 is 4.74 Å². The zero-order valence-corrected chi connectivity index (χ0v) is 9.15. The highest BCUT2D eigenvalue weighted by molar-refractivity contribution is 5.92. The monoisotopic (exact) mass is 210 g/mol. The zero-order valence-electron chi connectivity index (χ0n) is 9.15. The molecule has 0 atom stereocenters. The van der Waals surface area contributed by atoms with Crippen LogP contribution in [0.15, 0.2) is 48.5 Å². The van der Waals surface area contributed by atoms with Crippen LogP contribution in [0.5, 0.6) is 0 Å². The number of benzene rings is 2. The maximum absolute atomic E-state index is 5.73. The first-order valence-corrected chi connectivity index (χ1v) is 5.76. The minimum absolute atomic E-state index is 0.842. The Morgan fingerprint density at radius 1 is 0.938 bits per heavy atom. The molecule has 0 saturated heterocycles. The summed E-state index contributed by atoms with van der Waals surface area (Å²) in [6.45, 7) is 0.842. The summed E-state index contributed by atoms with van der Waals surface area (Å²) in [5.74, 6) is 1.04. The molecule has 1 heteroatoms. The number of ether oxygens (including phenoxy) is 1. The van der Waals surface area contributed by atoms with E-state index in [2.05, 4.69) is 48.5 Å². The molecule has 2 aromatic carbocycles.